The molecule has 6 heteroatoms. The van der Waals surface area contributed by atoms with Gasteiger partial charge in [0, 0.05) is 30.0 Å². The van der Waals surface area contributed by atoms with E-state index in [1.165, 1.54) is 0 Å². The minimum Gasteiger partial charge on any atom is -0.338 e. The molecule has 0 atom stereocenters. The van der Waals surface area contributed by atoms with Gasteiger partial charge in [-0.3, -0.25) is 4.79 Å². The van der Waals surface area contributed by atoms with Crippen LogP contribution < -0.4 is 5.32 Å². The molecule has 1 N–H and O–H groups in total. The molecule has 2 aromatic rings. The molecule has 0 fully saturated rings. The van der Waals surface area contributed by atoms with Crippen molar-refractivity contribution in [1.29, 1.82) is 0 Å². The van der Waals surface area contributed by atoms with Crippen molar-refractivity contribution < 1.29 is 4.79 Å². The van der Waals surface area contributed by atoms with Gasteiger partial charge in [0.05, 0.1) is 0 Å². The molecule has 22 heavy (non-hydrogen) atoms. The molecule has 0 saturated carbocycles. The van der Waals surface area contributed by atoms with Crippen LogP contribution in [0.4, 0.5) is 11.6 Å². The number of aromatic nitrogens is 2. The van der Waals surface area contributed by atoms with Crippen molar-refractivity contribution in [3.05, 3.63) is 46.7 Å². The molecule has 0 saturated heterocycles. The van der Waals surface area contributed by atoms with Crippen LogP contribution in [-0.2, 0) is 0 Å². The number of halogens is 1. The molecule has 1 aromatic heterocycles. The number of hydrogen-bond donors (Lipinski definition) is 1. The molecule has 5 nitrogen and oxygen atoms in total. The third kappa shape index (κ3) is 3.74. The van der Waals surface area contributed by atoms with E-state index in [2.05, 4.69) is 15.3 Å². The zero-order valence-corrected chi connectivity index (χ0v) is 13.7. The zero-order valence-electron chi connectivity index (χ0n) is 12.9. The van der Waals surface area contributed by atoms with Crippen LogP contribution in [0, 0.1) is 6.92 Å². The van der Waals surface area contributed by atoms with Crippen LogP contribution in [0.15, 0.2) is 30.5 Å². The highest BCUT2D eigenvalue weighted by molar-refractivity contribution is 6.30. The van der Waals surface area contributed by atoms with Crippen molar-refractivity contribution >= 4 is 29.1 Å². The Hall–Kier alpha value is -2.14. The van der Waals surface area contributed by atoms with Crippen LogP contribution in [0.25, 0.3) is 0 Å². The number of carbonyl (C=O) groups excluding carboxylic acids is 1. The number of carbonyl (C=O) groups is 1. The monoisotopic (exact) mass is 318 g/mol. The third-order valence-corrected chi connectivity index (χ3v) is 3.61. The van der Waals surface area contributed by atoms with E-state index in [-0.39, 0.29) is 5.91 Å². The van der Waals surface area contributed by atoms with Crippen molar-refractivity contribution in [3.8, 4) is 0 Å². The molecule has 0 aliphatic carbocycles. The maximum Gasteiger partial charge on any atom is 0.272 e. The lowest BCUT2D eigenvalue weighted by atomic mass is 10.2. The molecule has 1 heterocycles. The maximum absolute atomic E-state index is 12.3. The summed E-state index contributed by atoms with van der Waals surface area (Å²) in [6.45, 7) is 7.14. The van der Waals surface area contributed by atoms with Crippen molar-refractivity contribution in [2.45, 2.75) is 20.8 Å². The topological polar surface area (TPSA) is 58.1 Å². The summed E-state index contributed by atoms with van der Waals surface area (Å²) in [7, 11) is 0. The molecule has 0 radical (unpaired) electrons. The Labute approximate surface area is 135 Å². The maximum atomic E-state index is 12.3. The van der Waals surface area contributed by atoms with Crippen molar-refractivity contribution in [1.82, 2.24) is 14.9 Å². The standard InChI is InChI=1S/C16H19ClN4O/c1-4-21(5-2)15(22)13-8-9-18-16(19-13)20-14-10-12(17)7-6-11(14)3/h6-10H,4-5H2,1-3H3,(H,18,19,20). The normalized spacial score (nSPS) is 10.4. The van der Waals surface area contributed by atoms with Crippen LogP contribution in [0.2, 0.25) is 5.02 Å². The first-order valence-electron chi connectivity index (χ1n) is 7.20. The van der Waals surface area contributed by atoms with Crippen molar-refractivity contribution in [2.24, 2.45) is 0 Å². The summed E-state index contributed by atoms with van der Waals surface area (Å²) < 4.78 is 0. The Bertz CT molecular complexity index is 671. The van der Waals surface area contributed by atoms with Gasteiger partial charge in [0.2, 0.25) is 5.95 Å². The van der Waals surface area contributed by atoms with Gasteiger partial charge in [-0.05, 0) is 44.5 Å². The fraction of sp³-hybridized carbons (Fsp3) is 0.312. The predicted octanol–water partition coefficient (Wildman–Crippen LogP) is 3.66. The largest absolute Gasteiger partial charge is 0.338 e. The van der Waals surface area contributed by atoms with Gasteiger partial charge in [-0.1, -0.05) is 17.7 Å². The summed E-state index contributed by atoms with van der Waals surface area (Å²) in [4.78, 5) is 22.5. The molecule has 0 unspecified atom stereocenters. The summed E-state index contributed by atoms with van der Waals surface area (Å²) in [6, 6.07) is 7.16. The second-order valence-electron chi connectivity index (χ2n) is 4.83. The summed E-state index contributed by atoms with van der Waals surface area (Å²) >= 11 is 6.00. The molecule has 1 amide bonds. The fourth-order valence-corrected chi connectivity index (χ4v) is 2.23. The van der Waals surface area contributed by atoms with E-state index < -0.39 is 0 Å². The van der Waals surface area contributed by atoms with Gasteiger partial charge in [0.15, 0.2) is 0 Å². The van der Waals surface area contributed by atoms with Gasteiger partial charge in [0.25, 0.3) is 5.91 Å². The van der Waals surface area contributed by atoms with E-state index in [0.29, 0.717) is 29.8 Å². The SMILES string of the molecule is CCN(CC)C(=O)c1ccnc(Nc2cc(Cl)ccc2C)n1. The summed E-state index contributed by atoms with van der Waals surface area (Å²) in [5, 5.41) is 3.73. The third-order valence-electron chi connectivity index (χ3n) is 3.37. The number of benzene rings is 1. The summed E-state index contributed by atoms with van der Waals surface area (Å²) in [5.41, 5.74) is 2.22. The lowest BCUT2D eigenvalue weighted by Crippen LogP contribution is -2.31. The average Bonchev–Trinajstić information content (AvgIpc) is 2.52. The van der Waals surface area contributed by atoms with E-state index in [1.807, 2.05) is 32.9 Å². The molecule has 116 valence electrons. The van der Waals surface area contributed by atoms with E-state index in [0.717, 1.165) is 11.3 Å². The lowest BCUT2D eigenvalue weighted by Gasteiger charge is -2.18. The Morgan fingerprint density at radius 1 is 1.27 bits per heavy atom. The fourth-order valence-electron chi connectivity index (χ4n) is 2.06. The van der Waals surface area contributed by atoms with Gasteiger partial charge in [-0.15, -0.1) is 0 Å². The van der Waals surface area contributed by atoms with E-state index in [4.69, 9.17) is 11.6 Å². The van der Waals surface area contributed by atoms with Gasteiger partial charge < -0.3 is 10.2 Å². The van der Waals surface area contributed by atoms with Crippen LogP contribution in [0.5, 0.6) is 0 Å². The first-order valence-corrected chi connectivity index (χ1v) is 7.58. The smallest absolute Gasteiger partial charge is 0.272 e. The molecular formula is C16H19ClN4O. The zero-order chi connectivity index (χ0) is 16.1. The van der Waals surface area contributed by atoms with E-state index in [1.54, 1.807) is 23.2 Å². The Kier molecular flexibility index (Phi) is 5.33. The number of rotatable bonds is 5. The summed E-state index contributed by atoms with van der Waals surface area (Å²) in [5.74, 6) is 0.279. The van der Waals surface area contributed by atoms with Crippen molar-refractivity contribution in [2.75, 3.05) is 18.4 Å². The number of aryl methyl sites for hydroxylation is 1. The number of anilines is 2. The first kappa shape index (κ1) is 16.2. The van der Waals surface area contributed by atoms with E-state index >= 15 is 0 Å². The summed E-state index contributed by atoms with van der Waals surface area (Å²) in [6.07, 6.45) is 1.58. The molecule has 1 aromatic carbocycles. The second-order valence-corrected chi connectivity index (χ2v) is 5.26. The van der Waals surface area contributed by atoms with Crippen LogP contribution in [0.3, 0.4) is 0 Å². The Balaban J connectivity index is 2.25. The van der Waals surface area contributed by atoms with Crippen LogP contribution in [0.1, 0.15) is 29.9 Å². The second kappa shape index (κ2) is 7.22. The minimum absolute atomic E-state index is 0.0988. The highest BCUT2D eigenvalue weighted by Gasteiger charge is 2.14. The number of nitrogens with one attached hydrogen (secondary N) is 1. The van der Waals surface area contributed by atoms with Gasteiger partial charge >= 0.3 is 0 Å². The van der Waals surface area contributed by atoms with Crippen LogP contribution in [-0.4, -0.2) is 33.9 Å². The molecule has 2 rings (SSSR count). The lowest BCUT2D eigenvalue weighted by molar-refractivity contribution is 0.0767. The van der Waals surface area contributed by atoms with Crippen LogP contribution >= 0.6 is 11.6 Å². The Morgan fingerprint density at radius 2 is 2.00 bits per heavy atom. The van der Waals surface area contributed by atoms with Crippen molar-refractivity contribution in [3.63, 3.8) is 0 Å². The average molecular weight is 319 g/mol. The molecule has 0 bridgehead atoms. The molecular weight excluding hydrogens is 300 g/mol. The molecule has 0 aliphatic heterocycles. The minimum atomic E-state index is -0.0988. The number of hydrogen-bond acceptors (Lipinski definition) is 4. The number of amides is 1. The highest BCUT2D eigenvalue weighted by Crippen LogP contribution is 2.22. The molecule has 0 spiro atoms. The van der Waals surface area contributed by atoms with Gasteiger partial charge in [-0.25, -0.2) is 9.97 Å². The van der Waals surface area contributed by atoms with Gasteiger partial charge in [-0.2, -0.15) is 0 Å². The van der Waals surface area contributed by atoms with Gasteiger partial charge in [0.1, 0.15) is 5.69 Å². The predicted molar refractivity (Wildman–Crippen MR) is 88.8 cm³/mol. The highest BCUT2D eigenvalue weighted by atomic mass is 35.5. The quantitative estimate of drug-likeness (QED) is 0.914. The Morgan fingerprint density at radius 3 is 2.68 bits per heavy atom. The molecule has 0 aliphatic rings. The first-order chi connectivity index (χ1) is 10.5. The number of nitrogens with zero attached hydrogens (tertiary/aromatic N) is 3. The van der Waals surface area contributed by atoms with E-state index in [9.17, 15) is 4.79 Å².